The first-order valence-electron chi connectivity index (χ1n) is 9.35. The van der Waals surface area contributed by atoms with Gasteiger partial charge in [0.1, 0.15) is 23.9 Å². The summed E-state index contributed by atoms with van der Waals surface area (Å²) >= 11 is 0. The Bertz CT molecular complexity index is 995. The van der Waals surface area contributed by atoms with Gasteiger partial charge in [-0.1, -0.05) is 30.3 Å². The van der Waals surface area contributed by atoms with Crippen LogP contribution >= 0.6 is 0 Å². The fourth-order valence-electron chi connectivity index (χ4n) is 2.95. The number of hydrogen-bond acceptors (Lipinski definition) is 7. The van der Waals surface area contributed by atoms with E-state index in [2.05, 4.69) is 20.3 Å². The van der Waals surface area contributed by atoms with Crippen LogP contribution in [0.25, 0.3) is 0 Å². The number of benzene rings is 2. The van der Waals surface area contributed by atoms with Crippen molar-refractivity contribution in [2.45, 2.75) is 19.9 Å². The largest absolute Gasteiger partial charge is 0.457 e. The van der Waals surface area contributed by atoms with Crippen molar-refractivity contribution in [3.8, 4) is 11.5 Å². The lowest BCUT2D eigenvalue weighted by molar-refractivity contribution is 0.181. The molecular formula is C21H21N5O3. The molecule has 0 bridgehead atoms. The highest BCUT2D eigenvalue weighted by molar-refractivity contribution is 5.87. The van der Waals surface area contributed by atoms with Gasteiger partial charge in [0.25, 0.3) is 0 Å². The van der Waals surface area contributed by atoms with Gasteiger partial charge in [0, 0.05) is 0 Å². The van der Waals surface area contributed by atoms with Crippen molar-refractivity contribution < 1.29 is 14.3 Å². The van der Waals surface area contributed by atoms with Gasteiger partial charge in [-0.3, -0.25) is 0 Å². The molecule has 8 heteroatoms. The molecule has 1 aliphatic heterocycles. The molecule has 1 saturated heterocycles. The molecule has 1 amide bonds. The minimum absolute atomic E-state index is 0.0547. The summed E-state index contributed by atoms with van der Waals surface area (Å²) < 4.78 is 10.8. The number of nitrogens with one attached hydrogen (secondary N) is 1. The quantitative estimate of drug-likeness (QED) is 0.676. The Kier molecular flexibility index (Phi) is 5.24. The van der Waals surface area contributed by atoms with Crippen LogP contribution in [0.5, 0.6) is 11.5 Å². The topological polar surface area (TPSA) is 89.5 Å². The Morgan fingerprint density at radius 2 is 1.76 bits per heavy atom. The molecule has 8 nitrogen and oxygen atoms in total. The molecule has 0 saturated carbocycles. The standard InChI is InChI=1S/C21H21N5O3/c1-14(16-8-10-18(11-9-16)29-17-6-4-3-5-7-17)22-19-23-15(2)24-20(25-19)26-12-13-28-21(26)27/h3-11,14H,12-13H2,1-2H3,(H,22,23,24,25)/t14-/m0/s1. The molecule has 2 aromatic carbocycles. The third kappa shape index (κ3) is 4.43. The fourth-order valence-corrected chi connectivity index (χ4v) is 2.95. The Morgan fingerprint density at radius 1 is 1.03 bits per heavy atom. The molecule has 148 valence electrons. The van der Waals surface area contributed by atoms with E-state index in [4.69, 9.17) is 9.47 Å². The van der Waals surface area contributed by atoms with Crippen LogP contribution in [-0.4, -0.2) is 34.2 Å². The zero-order valence-corrected chi connectivity index (χ0v) is 16.2. The van der Waals surface area contributed by atoms with E-state index in [0.29, 0.717) is 30.9 Å². The predicted molar refractivity (Wildman–Crippen MR) is 108 cm³/mol. The Morgan fingerprint density at radius 3 is 2.45 bits per heavy atom. The number of hydrogen-bond donors (Lipinski definition) is 1. The molecule has 29 heavy (non-hydrogen) atoms. The summed E-state index contributed by atoms with van der Waals surface area (Å²) in [6.07, 6.45) is -0.441. The van der Waals surface area contributed by atoms with Crippen molar-refractivity contribution in [3.63, 3.8) is 0 Å². The van der Waals surface area contributed by atoms with Gasteiger partial charge in [0.15, 0.2) is 0 Å². The highest BCUT2D eigenvalue weighted by Gasteiger charge is 2.27. The summed E-state index contributed by atoms with van der Waals surface area (Å²) in [6.45, 7) is 4.54. The molecule has 1 aliphatic rings. The minimum atomic E-state index is -0.441. The molecular weight excluding hydrogens is 370 g/mol. The van der Waals surface area contributed by atoms with Gasteiger partial charge >= 0.3 is 6.09 Å². The number of aryl methyl sites for hydroxylation is 1. The van der Waals surface area contributed by atoms with Crippen molar-refractivity contribution >= 4 is 18.0 Å². The minimum Gasteiger partial charge on any atom is -0.457 e. The average Bonchev–Trinajstić information content (AvgIpc) is 3.15. The number of carbonyl (C=O) groups is 1. The van der Waals surface area contributed by atoms with E-state index in [1.165, 1.54) is 4.90 Å². The number of anilines is 2. The molecule has 1 fully saturated rings. The van der Waals surface area contributed by atoms with Crippen molar-refractivity contribution in [3.05, 3.63) is 66.0 Å². The normalized spacial score (nSPS) is 14.4. The molecule has 4 rings (SSSR count). The van der Waals surface area contributed by atoms with Crippen LogP contribution in [0, 0.1) is 6.92 Å². The lowest BCUT2D eigenvalue weighted by atomic mass is 10.1. The molecule has 1 N–H and O–H groups in total. The van der Waals surface area contributed by atoms with Gasteiger partial charge in [-0.15, -0.1) is 0 Å². The number of ether oxygens (including phenoxy) is 2. The number of nitrogens with zero attached hydrogens (tertiary/aromatic N) is 4. The lowest BCUT2D eigenvalue weighted by Gasteiger charge is -2.17. The monoisotopic (exact) mass is 391 g/mol. The van der Waals surface area contributed by atoms with Gasteiger partial charge in [-0.2, -0.15) is 15.0 Å². The van der Waals surface area contributed by atoms with Gasteiger partial charge < -0.3 is 14.8 Å². The van der Waals surface area contributed by atoms with Crippen LogP contribution in [0.4, 0.5) is 16.7 Å². The smallest absolute Gasteiger partial charge is 0.416 e. The molecule has 3 aromatic rings. The zero-order chi connectivity index (χ0) is 20.2. The zero-order valence-electron chi connectivity index (χ0n) is 16.2. The lowest BCUT2D eigenvalue weighted by Crippen LogP contribution is -2.26. The van der Waals surface area contributed by atoms with Crippen molar-refractivity contribution in [2.24, 2.45) is 0 Å². The second-order valence-corrected chi connectivity index (χ2v) is 6.62. The molecule has 0 radical (unpaired) electrons. The van der Waals surface area contributed by atoms with Crippen LogP contribution in [-0.2, 0) is 4.74 Å². The van der Waals surface area contributed by atoms with Crippen LogP contribution < -0.4 is 15.0 Å². The van der Waals surface area contributed by atoms with Crippen LogP contribution in [0.2, 0.25) is 0 Å². The first kappa shape index (κ1) is 18.7. The number of aromatic nitrogens is 3. The summed E-state index contributed by atoms with van der Waals surface area (Å²) in [5.74, 6) is 2.78. The second kappa shape index (κ2) is 8.14. The van der Waals surface area contributed by atoms with E-state index >= 15 is 0 Å². The maximum absolute atomic E-state index is 11.8. The molecule has 0 spiro atoms. The maximum atomic E-state index is 11.8. The molecule has 2 heterocycles. The maximum Gasteiger partial charge on any atom is 0.416 e. The van der Waals surface area contributed by atoms with Crippen molar-refractivity contribution in [1.82, 2.24) is 15.0 Å². The predicted octanol–water partition coefficient (Wildman–Crippen LogP) is 4.10. The Balaban J connectivity index is 1.45. The molecule has 1 atom stereocenters. The summed E-state index contributed by atoms with van der Waals surface area (Å²) in [5.41, 5.74) is 1.05. The highest BCUT2D eigenvalue weighted by atomic mass is 16.6. The number of para-hydroxylation sites is 1. The van der Waals surface area contributed by atoms with E-state index in [0.717, 1.165) is 17.1 Å². The van der Waals surface area contributed by atoms with E-state index in [1.807, 2.05) is 61.5 Å². The molecule has 0 unspecified atom stereocenters. The van der Waals surface area contributed by atoms with Gasteiger partial charge in [-0.25, -0.2) is 9.69 Å². The van der Waals surface area contributed by atoms with E-state index in [9.17, 15) is 4.79 Å². The molecule has 1 aromatic heterocycles. The van der Waals surface area contributed by atoms with Crippen molar-refractivity contribution in [2.75, 3.05) is 23.4 Å². The summed E-state index contributed by atoms with van der Waals surface area (Å²) in [4.78, 5) is 26.1. The van der Waals surface area contributed by atoms with Crippen LogP contribution in [0.1, 0.15) is 24.4 Å². The number of carbonyl (C=O) groups excluding carboxylic acids is 1. The van der Waals surface area contributed by atoms with E-state index in [1.54, 1.807) is 6.92 Å². The van der Waals surface area contributed by atoms with Gasteiger partial charge in [0.2, 0.25) is 11.9 Å². The second-order valence-electron chi connectivity index (χ2n) is 6.62. The highest BCUT2D eigenvalue weighted by Crippen LogP contribution is 2.25. The van der Waals surface area contributed by atoms with Crippen LogP contribution in [0.15, 0.2) is 54.6 Å². The summed E-state index contributed by atoms with van der Waals surface area (Å²) in [5, 5.41) is 3.27. The van der Waals surface area contributed by atoms with E-state index < -0.39 is 6.09 Å². The van der Waals surface area contributed by atoms with E-state index in [-0.39, 0.29) is 6.04 Å². The number of cyclic esters (lactones) is 1. The van der Waals surface area contributed by atoms with Crippen molar-refractivity contribution in [1.29, 1.82) is 0 Å². The van der Waals surface area contributed by atoms with Crippen LogP contribution in [0.3, 0.4) is 0 Å². The summed E-state index contributed by atoms with van der Waals surface area (Å²) in [7, 11) is 0. The third-order valence-corrected chi connectivity index (χ3v) is 4.44. The van der Waals surface area contributed by atoms with Gasteiger partial charge in [-0.05, 0) is 43.7 Å². The van der Waals surface area contributed by atoms with Gasteiger partial charge in [0.05, 0.1) is 12.6 Å². The fraction of sp³-hybridized carbons (Fsp3) is 0.238. The Hall–Kier alpha value is -3.68. The number of amides is 1. The SMILES string of the molecule is Cc1nc(N[C@@H](C)c2ccc(Oc3ccccc3)cc2)nc(N2CCOC2=O)n1. The molecule has 0 aliphatic carbocycles. The number of rotatable bonds is 6. The average molecular weight is 391 g/mol. The first-order valence-corrected chi connectivity index (χ1v) is 9.35. The third-order valence-electron chi connectivity index (χ3n) is 4.44. The summed E-state index contributed by atoms with van der Waals surface area (Å²) in [6, 6.07) is 17.4. The Labute approximate surface area is 168 Å². The first-order chi connectivity index (χ1) is 14.1.